The molecule has 0 aromatic heterocycles. The lowest BCUT2D eigenvalue weighted by Gasteiger charge is -2.21. The third-order valence-corrected chi connectivity index (χ3v) is 3.43. The van der Waals surface area contributed by atoms with Crippen LogP contribution in [0.25, 0.3) is 0 Å². The molecular weight excluding hydrogens is 246 g/mol. The number of hydrogen-bond donors (Lipinski definition) is 1. The van der Waals surface area contributed by atoms with Crippen LogP contribution in [-0.2, 0) is 11.3 Å². The largest absolute Gasteiger partial charge is 0.544 e. The maximum absolute atomic E-state index is 10.8. The topological polar surface area (TPSA) is 63.0 Å². The third-order valence-electron chi connectivity index (χ3n) is 3.43. The Morgan fingerprint density at radius 1 is 1.37 bits per heavy atom. The summed E-state index contributed by atoms with van der Waals surface area (Å²) in [6.07, 6.45) is 2.16. The van der Waals surface area contributed by atoms with E-state index in [4.69, 9.17) is 9.47 Å². The van der Waals surface area contributed by atoms with Crippen LogP contribution in [-0.4, -0.2) is 32.8 Å². The Balaban J connectivity index is 2.16. The summed E-state index contributed by atoms with van der Waals surface area (Å²) in [5.41, 5.74) is 0.963. The van der Waals surface area contributed by atoms with Crippen LogP contribution in [0.4, 0.5) is 0 Å². The van der Waals surface area contributed by atoms with E-state index in [0.29, 0.717) is 12.6 Å². The highest BCUT2D eigenvalue weighted by molar-refractivity contribution is 5.65. The van der Waals surface area contributed by atoms with Crippen LogP contribution in [0.1, 0.15) is 18.4 Å². The quantitative estimate of drug-likeness (QED) is 0.687. The molecule has 0 saturated heterocycles. The molecule has 0 radical (unpaired) electrons. The molecule has 0 aliphatic heterocycles. The number of carbonyl (C=O) groups excluding carboxylic acids is 1. The first-order valence-electron chi connectivity index (χ1n) is 6.39. The number of hydrogen-bond acceptors (Lipinski definition) is 4. The number of methoxy groups -OCH3 is 2. The number of quaternary nitrogens is 1. The molecular formula is C14H19NO4. The smallest absolute Gasteiger partial charge is 0.127 e. The number of nitrogens with one attached hydrogen (secondary N) is 1. The fraction of sp³-hybridized carbons (Fsp3) is 0.500. The van der Waals surface area contributed by atoms with Crippen molar-refractivity contribution >= 4 is 5.97 Å². The number of carboxylic acids is 1. The van der Waals surface area contributed by atoms with Gasteiger partial charge in [0.05, 0.1) is 31.8 Å². The van der Waals surface area contributed by atoms with Gasteiger partial charge < -0.3 is 24.3 Å². The molecule has 1 aliphatic rings. The molecule has 1 saturated carbocycles. The molecule has 1 aromatic carbocycles. The summed E-state index contributed by atoms with van der Waals surface area (Å²) in [5, 5.41) is 10.8. The Morgan fingerprint density at radius 3 is 2.63 bits per heavy atom. The van der Waals surface area contributed by atoms with Gasteiger partial charge >= 0.3 is 0 Å². The average molecular weight is 265 g/mol. The van der Waals surface area contributed by atoms with E-state index in [1.54, 1.807) is 14.2 Å². The lowest BCUT2D eigenvalue weighted by molar-refractivity contribution is -0.919. The van der Waals surface area contributed by atoms with Gasteiger partial charge in [-0.1, -0.05) is 0 Å². The van der Waals surface area contributed by atoms with Crippen LogP contribution in [0.5, 0.6) is 11.5 Å². The molecule has 19 heavy (non-hydrogen) atoms. The normalized spacial score (nSPS) is 15.9. The summed E-state index contributed by atoms with van der Waals surface area (Å²) < 4.78 is 10.5. The predicted molar refractivity (Wildman–Crippen MR) is 67.1 cm³/mol. The Morgan fingerprint density at radius 2 is 2.11 bits per heavy atom. The number of carboxylic acid groups (broad SMARTS) is 1. The molecule has 0 amide bonds. The van der Waals surface area contributed by atoms with Gasteiger partial charge in [-0.3, -0.25) is 0 Å². The molecule has 5 nitrogen and oxygen atoms in total. The first-order valence-corrected chi connectivity index (χ1v) is 6.39. The maximum Gasteiger partial charge on any atom is 0.127 e. The van der Waals surface area contributed by atoms with E-state index in [9.17, 15) is 9.90 Å². The van der Waals surface area contributed by atoms with E-state index in [-0.39, 0.29) is 6.54 Å². The first-order chi connectivity index (χ1) is 9.13. The number of aliphatic carboxylic acids is 1. The molecule has 1 atom stereocenters. The van der Waals surface area contributed by atoms with Gasteiger partial charge in [0.25, 0.3) is 0 Å². The summed E-state index contributed by atoms with van der Waals surface area (Å²) in [7, 11) is 3.22. The highest BCUT2D eigenvalue weighted by atomic mass is 16.5. The van der Waals surface area contributed by atoms with E-state index in [1.807, 2.05) is 18.2 Å². The Hall–Kier alpha value is -1.75. The summed E-state index contributed by atoms with van der Waals surface area (Å²) >= 11 is 0. The first kappa shape index (κ1) is 13.7. The van der Waals surface area contributed by atoms with Gasteiger partial charge in [-0.25, -0.2) is 0 Å². The summed E-state index contributed by atoms with van der Waals surface area (Å²) in [4.78, 5) is 11.8. The third kappa shape index (κ3) is 3.61. The molecule has 1 N–H and O–H groups in total. The van der Waals surface area contributed by atoms with Crippen molar-refractivity contribution in [3.63, 3.8) is 0 Å². The molecule has 1 aliphatic carbocycles. The Kier molecular flexibility index (Phi) is 4.27. The fourth-order valence-corrected chi connectivity index (χ4v) is 2.29. The fourth-order valence-electron chi connectivity index (χ4n) is 2.29. The van der Waals surface area contributed by atoms with Crippen LogP contribution >= 0.6 is 0 Å². The van der Waals surface area contributed by atoms with Crippen molar-refractivity contribution < 1.29 is 24.3 Å². The second-order valence-electron chi connectivity index (χ2n) is 4.84. The van der Waals surface area contributed by atoms with E-state index >= 15 is 0 Å². The van der Waals surface area contributed by atoms with Gasteiger partial charge in [0.15, 0.2) is 0 Å². The number of benzene rings is 1. The average Bonchev–Trinajstić information content (AvgIpc) is 3.21. The van der Waals surface area contributed by atoms with Crippen molar-refractivity contribution in [3.05, 3.63) is 23.8 Å². The molecule has 1 fully saturated rings. The summed E-state index contributed by atoms with van der Waals surface area (Å²) in [6, 6.07) is 6.00. The van der Waals surface area contributed by atoms with Gasteiger partial charge in [0.1, 0.15) is 24.6 Å². The van der Waals surface area contributed by atoms with Gasteiger partial charge in [-0.05, 0) is 18.2 Å². The standard InChI is InChI=1S/C14H19NO4/c1-18-12-5-6-13(19-2)10(7-12)8-15(9-14(16)17)11-3-4-11/h5-7,11H,3-4,8-9H2,1-2H3,(H,16,17). The van der Waals surface area contributed by atoms with E-state index in [0.717, 1.165) is 34.8 Å². The summed E-state index contributed by atoms with van der Waals surface area (Å²) in [5.74, 6) is 0.500. The molecule has 0 bridgehead atoms. The molecule has 5 heteroatoms. The van der Waals surface area contributed by atoms with Crippen molar-refractivity contribution in [2.24, 2.45) is 0 Å². The van der Waals surface area contributed by atoms with Gasteiger partial charge in [-0.2, -0.15) is 0 Å². The lowest BCUT2D eigenvalue weighted by atomic mass is 10.1. The monoisotopic (exact) mass is 265 g/mol. The minimum Gasteiger partial charge on any atom is -0.544 e. The van der Waals surface area contributed by atoms with Crippen LogP contribution in [0.15, 0.2) is 18.2 Å². The van der Waals surface area contributed by atoms with Crippen molar-refractivity contribution in [2.75, 3.05) is 20.8 Å². The van der Waals surface area contributed by atoms with Gasteiger partial charge in [0, 0.05) is 12.8 Å². The van der Waals surface area contributed by atoms with E-state index in [1.165, 1.54) is 0 Å². The minimum atomic E-state index is -1.01. The Bertz CT molecular complexity index is 457. The molecule has 1 unspecified atom stereocenters. The van der Waals surface area contributed by atoms with Crippen LogP contribution in [0.2, 0.25) is 0 Å². The highest BCUT2D eigenvalue weighted by Gasteiger charge is 2.33. The number of carbonyl (C=O) groups is 1. The second-order valence-corrected chi connectivity index (χ2v) is 4.84. The number of ether oxygens (including phenoxy) is 2. The number of rotatable bonds is 7. The molecule has 0 spiro atoms. The molecule has 2 rings (SSSR count). The second kappa shape index (κ2) is 5.93. The van der Waals surface area contributed by atoms with Crippen molar-refractivity contribution in [2.45, 2.75) is 25.4 Å². The van der Waals surface area contributed by atoms with E-state index in [2.05, 4.69) is 0 Å². The summed E-state index contributed by atoms with van der Waals surface area (Å²) in [6.45, 7) is 0.643. The van der Waals surface area contributed by atoms with Gasteiger partial charge in [0.2, 0.25) is 0 Å². The molecule has 0 heterocycles. The van der Waals surface area contributed by atoms with Crippen molar-refractivity contribution in [1.29, 1.82) is 0 Å². The SMILES string of the molecule is COc1ccc(OC)c(C[NH+](CC(=O)[O-])C2CC2)c1. The van der Waals surface area contributed by atoms with E-state index < -0.39 is 5.97 Å². The zero-order chi connectivity index (χ0) is 13.8. The maximum atomic E-state index is 10.8. The van der Waals surface area contributed by atoms with Crippen molar-refractivity contribution in [3.8, 4) is 11.5 Å². The molecule has 1 aromatic rings. The Labute approximate surface area is 112 Å². The van der Waals surface area contributed by atoms with Crippen molar-refractivity contribution in [1.82, 2.24) is 0 Å². The van der Waals surface area contributed by atoms with Crippen LogP contribution in [0.3, 0.4) is 0 Å². The van der Waals surface area contributed by atoms with Crippen LogP contribution < -0.4 is 19.5 Å². The zero-order valence-corrected chi connectivity index (χ0v) is 11.3. The zero-order valence-electron chi connectivity index (χ0n) is 11.3. The minimum absolute atomic E-state index is 0.0328. The highest BCUT2D eigenvalue weighted by Crippen LogP contribution is 2.24. The predicted octanol–water partition coefficient (Wildman–Crippen LogP) is -0.999. The molecule has 104 valence electrons. The van der Waals surface area contributed by atoms with Crippen LogP contribution in [0, 0.1) is 0 Å². The van der Waals surface area contributed by atoms with Gasteiger partial charge in [-0.15, -0.1) is 0 Å². The lowest BCUT2D eigenvalue weighted by Crippen LogP contribution is -3.13.